The smallest absolute Gasteiger partial charge is 0.247 e. The number of amides is 2. The number of nitrogens with one attached hydrogen (secondary N) is 2. The van der Waals surface area contributed by atoms with Gasteiger partial charge in [0.15, 0.2) is 0 Å². The van der Waals surface area contributed by atoms with Crippen LogP contribution in [0.1, 0.15) is 37.4 Å². The monoisotopic (exact) mass is 443 g/mol. The lowest BCUT2D eigenvalue weighted by Crippen LogP contribution is -2.43. The van der Waals surface area contributed by atoms with Crippen LogP contribution >= 0.6 is 0 Å². The second kappa shape index (κ2) is 9.96. The lowest BCUT2D eigenvalue weighted by Gasteiger charge is -2.21. The van der Waals surface area contributed by atoms with Gasteiger partial charge >= 0.3 is 0 Å². The third-order valence-corrected chi connectivity index (χ3v) is 6.90. The Labute approximate surface area is 183 Å². The Bertz CT molecular complexity index is 1020. The second-order valence-electron chi connectivity index (χ2n) is 8.07. The molecule has 1 heterocycles. The molecule has 2 amide bonds. The number of carbonyl (C=O) groups excluding carboxylic acids is 2. The third-order valence-electron chi connectivity index (χ3n) is 5.13. The van der Waals surface area contributed by atoms with Crippen LogP contribution in [0.25, 0.3) is 0 Å². The van der Waals surface area contributed by atoms with Gasteiger partial charge in [0.05, 0.1) is 11.4 Å². The van der Waals surface area contributed by atoms with E-state index in [1.807, 2.05) is 38.1 Å². The van der Waals surface area contributed by atoms with E-state index in [1.54, 1.807) is 30.3 Å². The first-order valence-electron chi connectivity index (χ1n) is 10.5. The molecular formula is C23H29N3O4S. The van der Waals surface area contributed by atoms with E-state index in [0.29, 0.717) is 30.6 Å². The maximum absolute atomic E-state index is 12.8. The first-order chi connectivity index (χ1) is 14.8. The van der Waals surface area contributed by atoms with Gasteiger partial charge in [-0.05, 0) is 29.5 Å². The van der Waals surface area contributed by atoms with Crippen molar-refractivity contribution in [3.8, 4) is 0 Å². The average molecular weight is 444 g/mol. The molecule has 0 saturated carbocycles. The topological polar surface area (TPSA) is 95.6 Å². The predicted octanol–water partition coefficient (Wildman–Crippen LogP) is 2.40. The zero-order valence-electron chi connectivity index (χ0n) is 17.9. The maximum atomic E-state index is 12.8. The number of nitrogens with zero attached hydrogens (tertiary/aromatic N) is 1. The van der Waals surface area contributed by atoms with E-state index in [9.17, 15) is 18.0 Å². The number of hydrogen-bond donors (Lipinski definition) is 2. The largest absolute Gasteiger partial charge is 0.353 e. The fourth-order valence-electron chi connectivity index (χ4n) is 3.65. The Morgan fingerprint density at radius 2 is 1.71 bits per heavy atom. The van der Waals surface area contributed by atoms with E-state index in [4.69, 9.17) is 0 Å². The number of anilines is 1. The summed E-state index contributed by atoms with van der Waals surface area (Å²) in [4.78, 5) is 25.1. The standard InChI is InChI=1S/C23H29N3O4S/c1-17(2)16-21(27)25-22(19-9-4-3-5-10-19)23(28)24-13-15-31(29,30)26-14-12-18-8-6-7-11-20(18)26/h3-11,17,22H,12-16H2,1-2H3,(H,24,28)(H,25,27). The van der Waals surface area contributed by atoms with E-state index in [2.05, 4.69) is 10.6 Å². The first-order valence-corrected chi connectivity index (χ1v) is 12.1. The van der Waals surface area contributed by atoms with Gasteiger partial charge in [0.1, 0.15) is 6.04 Å². The number of benzene rings is 2. The molecule has 0 spiro atoms. The normalized spacial score (nSPS) is 14.2. The Hall–Kier alpha value is -2.87. The van der Waals surface area contributed by atoms with Crippen LogP contribution in [-0.4, -0.2) is 39.1 Å². The van der Waals surface area contributed by atoms with Crippen molar-refractivity contribution in [2.24, 2.45) is 5.92 Å². The second-order valence-corrected chi connectivity index (χ2v) is 10.1. The highest BCUT2D eigenvalue weighted by Gasteiger charge is 2.29. The zero-order chi connectivity index (χ0) is 22.4. The summed E-state index contributed by atoms with van der Waals surface area (Å²) in [5.74, 6) is -0.706. The van der Waals surface area contributed by atoms with Crippen LogP contribution in [0.5, 0.6) is 0 Å². The summed E-state index contributed by atoms with van der Waals surface area (Å²) >= 11 is 0. The Morgan fingerprint density at radius 3 is 2.42 bits per heavy atom. The maximum Gasteiger partial charge on any atom is 0.247 e. The molecule has 7 nitrogen and oxygen atoms in total. The van der Waals surface area contributed by atoms with Crippen molar-refractivity contribution < 1.29 is 18.0 Å². The molecule has 0 aliphatic carbocycles. The van der Waals surface area contributed by atoms with E-state index in [-0.39, 0.29) is 24.1 Å². The van der Waals surface area contributed by atoms with Crippen LogP contribution in [-0.2, 0) is 26.0 Å². The summed E-state index contributed by atoms with van der Waals surface area (Å²) in [6, 6.07) is 15.5. The summed E-state index contributed by atoms with van der Waals surface area (Å²) in [7, 11) is -3.57. The minimum absolute atomic E-state index is 0.0385. The van der Waals surface area contributed by atoms with Crippen molar-refractivity contribution >= 4 is 27.5 Å². The van der Waals surface area contributed by atoms with Gasteiger partial charge in [0.25, 0.3) is 0 Å². The molecule has 1 unspecified atom stereocenters. The molecule has 1 atom stereocenters. The van der Waals surface area contributed by atoms with Gasteiger partial charge in [-0.2, -0.15) is 0 Å². The van der Waals surface area contributed by atoms with Gasteiger partial charge in [0.2, 0.25) is 21.8 Å². The quantitative estimate of drug-likeness (QED) is 0.622. The highest BCUT2D eigenvalue weighted by atomic mass is 32.2. The fourth-order valence-corrected chi connectivity index (χ4v) is 5.08. The van der Waals surface area contributed by atoms with Crippen molar-refractivity contribution in [2.75, 3.05) is 23.1 Å². The van der Waals surface area contributed by atoms with Crippen LogP contribution in [0, 0.1) is 5.92 Å². The predicted molar refractivity (Wildman–Crippen MR) is 121 cm³/mol. The number of carbonyl (C=O) groups is 2. The van der Waals surface area contributed by atoms with Crippen LogP contribution < -0.4 is 14.9 Å². The van der Waals surface area contributed by atoms with Gasteiger partial charge in [0, 0.05) is 19.5 Å². The van der Waals surface area contributed by atoms with Crippen LogP contribution in [0.3, 0.4) is 0 Å². The molecule has 0 aromatic heterocycles. The van der Waals surface area contributed by atoms with Crippen LogP contribution in [0.4, 0.5) is 5.69 Å². The Balaban J connectivity index is 1.63. The van der Waals surface area contributed by atoms with E-state index < -0.39 is 22.0 Å². The molecule has 2 aromatic rings. The number of rotatable bonds is 9. The summed E-state index contributed by atoms with van der Waals surface area (Å²) in [5.41, 5.74) is 2.36. The highest BCUT2D eigenvalue weighted by Crippen LogP contribution is 2.29. The van der Waals surface area contributed by atoms with Crippen molar-refractivity contribution in [2.45, 2.75) is 32.7 Å². The van der Waals surface area contributed by atoms with Crippen molar-refractivity contribution in [1.29, 1.82) is 0 Å². The Kier molecular flexibility index (Phi) is 7.33. The summed E-state index contributed by atoms with van der Waals surface area (Å²) in [6.45, 7) is 4.23. The molecule has 0 fully saturated rings. The SMILES string of the molecule is CC(C)CC(=O)NC(C(=O)NCCS(=O)(=O)N1CCc2ccccc21)c1ccccc1. The minimum Gasteiger partial charge on any atom is -0.353 e. The minimum atomic E-state index is -3.57. The summed E-state index contributed by atoms with van der Waals surface area (Å²) in [5, 5.41) is 5.45. The van der Waals surface area contributed by atoms with Crippen molar-refractivity contribution in [3.63, 3.8) is 0 Å². The molecule has 166 valence electrons. The molecule has 1 aliphatic rings. The Morgan fingerprint density at radius 1 is 1.03 bits per heavy atom. The molecule has 8 heteroatoms. The number of fused-ring (bicyclic) bond motifs is 1. The third kappa shape index (κ3) is 5.85. The van der Waals surface area contributed by atoms with Crippen molar-refractivity contribution in [1.82, 2.24) is 10.6 Å². The molecule has 31 heavy (non-hydrogen) atoms. The molecule has 2 N–H and O–H groups in total. The number of hydrogen-bond acceptors (Lipinski definition) is 4. The van der Waals surface area contributed by atoms with E-state index >= 15 is 0 Å². The average Bonchev–Trinajstić information content (AvgIpc) is 3.17. The fraction of sp³-hybridized carbons (Fsp3) is 0.391. The zero-order valence-corrected chi connectivity index (χ0v) is 18.7. The van der Waals surface area contributed by atoms with Gasteiger partial charge in [-0.3, -0.25) is 13.9 Å². The van der Waals surface area contributed by atoms with E-state index in [1.165, 1.54) is 4.31 Å². The van der Waals surface area contributed by atoms with Crippen LogP contribution in [0.15, 0.2) is 54.6 Å². The van der Waals surface area contributed by atoms with Crippen LogP contribution in [0.2, 0.25) is 0 Å². The molecular weight excluding hydrogens is 414 g/mol. The summed E-state index contributed by atoms with van der Waals surface area (Å²) < 4.78 is 27.1. The lowest BCUT2D eigenvalue weighted by molar-refractivity contribution is -0.129. The highest BCUT2D eigenvalue weighted by molar-refractivity contribution is 7.92. The van der Waals surface area contributed by atoms with Gasteiger partial charge in [-0.15, -0.1) is 0 Å². The molecule has 0 radical (unpaired) electrons. The first kappa shape index (κ1) is 22.8. The summed E-state index contributed by atoms with van der Waals surface area (Å²) in [6.07, 6.45) is 0.985. The molecule has 0 saturated heterocycles. The molecule has 3 rings (SSSR count). The molecule has 1 aliphatic heterocycles. The molecule has 2 aromatic carbocycles. The van der Waals surface area contributed by atoms with Gasteiger partial charge < -0.3 is 10.6 Å². The van der Waals surface area contributed by atoms with E-state index in [0.717, 1.165) is 5.56 Å². The number of sulfonamides is 1. The van der Waals surface area contributed by atoms with Crippen molar-refractivity contribution in [3.05, 3.63) is 65.7 Å². The number of para-hydroxylation sites is 1. The lowest BCUT2D eigenvalue weighted by atomic mass is 10.0. The van der Waals surface area contributed by atoms with Gasteiger partial charge in [-0.1, -0.05) is 62.4 Å². The molecule has 0 bridgehead atoms. The van der Waals surface area contributed by atoms with Gasteiger partial charge in [-0.25, -0.2) is 8.42 Å².